The van der Waals surface area contributed by atoms with Crippen molar-refractivity contribution in [3.63, 3.8) is 0 Å². The van der Waals surface area contributed by atoms with Gasteiger partial charge in [0.25, 0.3) is 0 Å². The van der Waals surface area contributed by atoms with E-state index in [9.17, 15) is 4.39 Å². The zero-order valence-electron chi connectivity index (χ0n) is 14.3. The molecule has 1 unspecified atom stereocenters. The number of aromatic nitrogens is 3. The van der Waals surface area contributed by atoms with E-state index in [0.29, 0.717) is 11.2 Å². The lowest BCUT2D eigenvalue weighted by atomic mass is 9.99. The molecule has 0 amide bonds. The summed E-state index contributed by atoms with van der Waals surface area (Å²) < 4.78 is 15.4. The number of fused-ring (bicyclic) bond motifs is 1. The molecule has 3 aromatic rings. The standard InChI is InChI=1S/C18H19FN6S/c1-10-4-5-11(19)9-12(10)13-3-2-7-24(13)14-6-8-25-18(22-14)15(17(21)26)16(20)23-25/h4-6,8-9,13H,2-3,7H2,1H3,(H2,20,23)(H2,21,26). The zero-order chi connectivity index (χ0) is 18.4. The van der Waals surface area contributed by atoms with Crippen LogP contribution in [0.3, 0.4) is 0 Å². The van der Waals surface area contributed by atoms with Crippen molar-refractivity contribution in [3.05, 3.63) is 53.0 Å². The van der Waals surface area contributed by atoms with Crippen molar-refractivity contribution in [3.8, 4) is 0 Å². The van der Waals surface area contributed by atoms with Crippen molar-refractivity contribution >= 4 is 34.5 Å². The summed E-state index contributed by atoms with van der Waals surface area (Å²) in [6.07, 6.45) is 3.75. The summed E-state index contributed by atoms with van der Waals surface area (Å²) >= 11 is 5.09. The van der Waals surface area contributed by atoms with E-state index in [4.69, 9.17) is 28.7 Å². The van der Waals surface area contributed by atoms with E-state index in [1.54, 1.807) is 16.8 Å². The highest BCUT2D eigenvalue weighted by Crippen LogP contribution is 2.37. The molecule has 4 rings (SSSR count). The van der Waals surface area contributed by atoms with Gasteiger partial charge in [0.2, 0.25) is 0 Å². The number of nitrogens with two attached hydrogens (primary N) is 2. The van der Waals surface area contributed by atoms with E-state index in [2.05, 4.69) is 10.00 Å². The zero-order valence-corrected chi connectivity index (χ0v) is 15.1. The van der Waals surface area contributed by atoms with Crippen LogP contribution in [0.15, 0.2) is 30.5 Å². The molecule has 0 bridgehead atoms. The number of halogens is 1. The minimum Gasteiger partial charge on any atom is -0.389 e. The molecule has 1 aliphatic rings. The summed E-state index contributed by atoms with van der Waals surface area (Å²) in [5.41, 5.74) is 14.8. The highest BCUT2D eigenvalue weighted by Gasteiger charge is 2.29. The molecular formula is C18H19FN6S. The van der Waals surface area contributed by atoms with Gasteiger partial charge in [0.1, 0.15) is 16.6 Å². The van der Waals surface area contributed by atoms with Gasteiger partial charge in [-0.15, -0.1) is 5.10 Å². The number of rotatable bonds is 3. The van der Waals surface area contributed by atoms with Crippen molar-refractivity contribution in [2.45, 2.75) is 25.8 Å². The molecule has 0 aliphatic carbocycles. The maximum Gasteiger partial charge on any atom is 0.169 e. The van der Waals surface area contributed by atoms with Crippen LogP contribution < -0.4 is 16.4 Å². The van der Waals surface area contributed by atoms with Crippen LogP contribution in [0.1, 0.15) is 35.6 Å². The Hall–Kier alpha value is -2.74. The molecule has 2 aromatic heterocycles. The van der Waals surface area contributed by atoms with Gasteiger partial charge in [-0.2, -0.15) is 0 Å². The van der Waals surface area contributed by atoms with Crippen LogP contribution in [-0.2, 0) is 0 Å². The van der Waals surface area contributed by atoms with Gasteiger partial charge in [-0.05, 0) is 49.1 Å². The molecule has 26 heavy (non-hydrogen) atoms. The van der Waals surface area contributed by atoms with E-state index < -0.39 is 0 Å². The largest absolute Gasteiger partial charge is 0.389 e. The van der Waals surface area contributed by atoms with Gasteiger partial charge < -0.3 is 16.4 Å². The highest BCUT2D eigenvalue weighted by molar-refractivity contribution is 7.80. The predicted octanol–water partition coefficient (Wildman–Crippen LogP) is 2.73. The Bertz CT molecular complexity index is 1010. The van der Waals surface area contributed by atoms with Crippen molar-refractivity contribution in [1.29, 1.82) is 0 Å². The predicted molar refractivity (Wildman–Crippen MR) is 104 cm³/mol. The first-order chi connectivity index (χ1) is 12.5. The molecule has 1 atom stereocenters. The molecule has 0 spiro atoms. The average Bonchev–Trinajstić information content (AvgIpc) is 3.19. The summed E-state index contributed by atoms with van der Waals surface area (Å²) in [5, 5.41) is 4.20. The van der Waals surface area contributed by atoms with Crippen LogP contribution in [0, 0.1) is 12.7 Å². The Balaban J connectivity index is 1.80. The van der Waals surface area contributed by atoms with E-state index >= 15 is 0 Å². The van der Waals surface area contributed by atoms with Crippen molar-refractivity contribution in [1.82, 2.24) is 14.6 Å². The number of benzene rings is 1. The van der Waals surface area contributed by atoms with Crippen molar-refractivity contribution in [2.75, 3.05) is 17.2 Å². The van der Waals surface area contributed by atoms with Gasteiger partial charge in [0.15, 0.2) is 11.5 Å². The van der Waals surface area contributed by atoms with Gasteiger partial charge in [0, 0.05) is 12.7 Å². The fraction of sp³-hybridized carbons (Fsp3) is 0.278. The van der Waals surface area contributed by atoms with Gasteiger partial charge in [-0.3, -0.25) is 0 Å². The van der Waals surface area contributed by atoms with Crippen LogP contribution in [0.5, 0.6) is 0 Å². The van der Waals surface area contributed by atoms with Crippen molar-refractivity contribution in [2.24, 2.45) is 5.73 Å². The maximum atomic E-state index is 13.8. The molecule has 8 heteroatoms. The SMILES string of the molecule is Cc1ccc(F)cc1C1CCCN1c1ccn2nc(N)c(C(N)=S)c2n1. The van der Waals surface area contributed by atoms with E-state index in [0.717, 1.165) is 36.3 Å². The molecule has 4 N–H and O–H groups in total. The summed E-state index contributed by atoms with van der Waals surface area (Å²) in [6.45, 7) is 2.85. The Labute approximate surface area is 155 Å². The molecule has 0 saturated carbocycles. The molecule has 3 heterocycles. The number of hydrogen-bond donors (Lipinski definition) is 2. The molecule has 6 nitrogen and oxygen atoms in total. The third-order valence-electron chi connectivity index (χ3n) is 4.89. The van der Waals surface area contributed by atoms with Crippen LogP contribution >= 0.6 is 12.2 Å². The summed E-state index contributed by atoms with van der Waals surface area (Å²) in [4.78, 5) is 7.07. The fourth-order valence-corrected chi connectivity index (χ4v) is 3.86. The number of nitrogens with zero attached hydrogens (tertiary/aromatic N) is 4. The molecule has 1 saturated heterocycles. The number of aryl methyl sites for hydroxylation is 1. The smallest absolute Gasteiger partial charge is 0.169 e. The van der Waals surface area contributed by atoms with Crippen LogP contribution in [-0.4, -0.2) is 26.1 Å². The number of nitrogen functional groups attached to an aromatic ring is 1. The summed E-state index contributed by atoms with van der Waals surface area (Å²) in [5.74, 6) is 0.822. The molecule has 1 aromatic carbocycles. The third-order valence-corrected chi connectivity index (χ3v) is 5.10. The van der Waals surface area contributed by atoms with E-state index in [1.807, 2.05) is 19.1 Å². The maximum absolute atomic E-state index is 13.8. The fourth-order valence-electron chi connectivity index (χ4n) is 3.67. The first-order valence-electron chi connectivity index (χ1n) is 8.43. The van der Waals surface area contributed by atoms with Gasteiger partial charge >= 0.3 is 0 Å². The number of thiocarbonyl (C=S) groups is 1. The lowest BCUT2D eigenvalue weighted by Crippen LogP contribution is -2.24. The molecule has 134 valence electrons. The second-order valence-corrected chi connectivity index (χ2v) is 6.97. The molecule has 1 fully saturated rings. The number of anilines is 2. The first kappa shape index (κ1) is 16.7. The molecule has 0 radical (unpaired) electrons. The summed E-state index contributed by atoms with van der Waals surface area (Å²) in [6, 6.07) is 6.89. The van der Waals surface area contributed by atoms with E-state index in [-0.39, 0.29) is 22.7 Å². The third kappa shape index (κ3) is 2.66. The minimum absolute atomic E-state index is 0.0780. The topological polar surface area (TPSA) is 85.5 Å². The first-order valence-corrected chi connectivity index (χ1v) is 8.84. The average molecular weight is 370 g/mol. The van der Waals surface area contributed by atoms with Crippen LogP contribution in [0.4, 0.5) is 16.0 Å². The number of hydrogen-bond acceptors (Lipinski definition) is 5. The quantitative estimate of drug-likeness (QED) is 0.690. The molecular weight excluding hydrogens is 351 g/mol. The highest BCUT2D eigenvalue weighted by atomic mass is 32.1. The van der Waals surface area contributed by atoms with Gasteiger partial charge in [-0.25, -0.2) is 13.9 Å². The lowest BCUT2D eigenvalue weighted by molar-refractivity contribution is 0.616. The Morgan fingerprint density at radius 2 is 2.15 bits per heavy atom. The summed E-state index contributed by atoms with van der Waals surface area (Å²) in [7, 11) is 0. The minimum atomic E-state index is -0.222. The van der Waals surface area contributed by atoms with Gasteiger partial charge in [-0.1, -0.05) is 18.3 Å². The Morgan fingerprint density at radius 3 is 2.92 bits per heavy atom. The monoisotopic (exact) mass is 370 g/mol. The molecule has 1 aliphatic heterocycles. The normalized spacial score (nSPS) is 17.2. The second kappa shape index (κ2) is 6.21. The van der Waals surface area contributed by atoms with Crippen LogP contribution in [0.25, 0.3) is 5.65 Å². The Kier molecular flexibility index (Phi) is 3.99. The second-order valence-electron chi connectivity index (χ2n) is 6.53. The van der Waals surface area contributed by atoms with Crippen molar-refractivity contribution < 1.29 is 4.39 Å². The lowest BCUT2D eigenvalue weighted by Gasteiger charge is -2.27. The van der Waals surface area contributed by atoms with Gasteiger partial charge in [0.05, 0.1) is 11.6 Å². The Morgan fingerprint density at radius 1 is 1.35 bits per heavy atom. The van der Waals surface area contributed by atoms with Crippen LogP contribution in [0.2, 0.25) is 0 Å². The van der Waals surface area contributed by atoms with E-state index in [1.165, 1.54) is 6.07 Å².